The van der Waals surface area contributed by atoms with Crippen LogP contribution in [0.4, 0.5) is 0 Å². The van der Waals surface area contributed by atoms with Gasteiger partial charge in [-0.3, -0.25) is 0 Å². The number of allylic oxidation sites excluding steroid dienone is 1. The third-order valence-corrected chi connectivity index (χ3v) is 6.47. The van der Waals surface area contributed by atoms with Crippen molar-refractivity contribution in [1.82, 2.24) is 4.90 Å². The first-order valence-electron chi connectivity index (χ1n) is 9.92. The molecule has 0 amide bonds. The van der Waals surface area contributed by atoms with Gasteiger partial charge in [0, 0.05) is 18.7 Å². The molecule has 1 heterocycles. The highest BCUT2D eigenvalue weighted by Crippen LogP contribution is 2.35. The van der Waals surface area contributed by atoms with Gasteiger partial charge in [0.05, 0.1) is 18.8 Å². The Balaban J connectivity index is 1.54. The van der Waals surface area contributed by atoms with Crippen LogP contribution in [0.25, 0.3) is 0 Å². The van der Waals surface area contributed by atoms with E-state index >= 15 is 0 Å². The molecule has 5 heteroatoms. The lowest BCUT2D eigenvalue weighted by molar-refractivity contribution is 0.00493. The summed E-state index contributed by atoms with van der Waals surface area (Å²) in [5.74, 6) is 1.24. The number of hydrogen-bond acceptors (Lipinski definition) is 5. The van der Waals surface area contributed by atoms with Crippen molar-refractivity contribution in [3.05, 3.63) is 24.0 Å². The van der Waals surface area contributed by atoms with Crippen LogP contribution in [0.2, 0.25) is 0 Å². The molecule has 142 valence electrons. The van der Waals surface area contributed by atoms with Gasteiger partial charge in [-0.15, -0.1) is 0 Å². The summed E-state index contributed by atoms with van der Waals surface area (Å²) in [5.41, 5.74) is 12.6. The molecule has 0 spiro atoms. The minimum Gasteiger partial charge on any atom is -0.497 e. The highest BCUT2D eigenvalue weighted by Gasteiger charge is 2.42. The smallest absolute Gasteiger partial charge is 0.116 e. The van der Waals surface area contributed by atoms with Gasteiger partial charge in [-0.05, 0) is 76.6 Å². The molecule has 3 rings (SSSR count). The zero-order chi connectivity index (χ0) is 17.9. The van der Waals surface area contributed by atoms with E-state index in [0.29, 0.717) is 12.0 Å². The van der Waals surface area contributed by atoms with Crippen molar-refractivity contribution in [2.24, 2.45) is 17.4 Å². The first-order valence-corrected chi connectivity index (χ1v) is 9.92. The van der Waals surface area contributed by atoms with Crippen molar-refractivity contribution in [2.75, 3.05) is 26.8 Å². The van der Waals surface area contributed by atoms with Crippen LogP contribution in [0.1, 0.15) is 45.4 Å². The molecule has 0 bridgehead atoms. The highest BCUT2D eigenvalue weighted by molar-refractivity contribution is 5.32. The highest BCUT2D eigenvalue weighted by atomic mass is 16.5. The molecule has 0 aromatic rings. The average Bonchev–Trinajstić information content (AvgIpc) is 2.65. The Morgan fingerprint density at radius 1 is 1.16 bits per heavy atom. The van der Waals surface area contributed by atoms with Gasteiger partial charge in [0.2, 0.25) is 0 Å². The molecule has 5 nitrogen and oxygen atoms in total. The molecule has 2 atom stereocenters. The van der Waals surface area contributed by atoms with Crippen molar-refractivity contribution in [3.8, 4) is 0 Å². The fourth-order valence-corrected chi connectivity index (χ4v) is 4.85. The quantitative estimate of drug-likeness (QED) is 0.796. The molecule has 3 aliphatic rings. The molecule has 1 saturated heterocycles. The maximum atomic E-state index is 6.75. The summed E-state index contributed by atoms with van der Waals surface area (Å²) in [6, 6.07) is 0.584. The number of ether oxygens (including phenoxy) is 2. The Morgan fingerprint density at radius 2 is 1.84 bits per heavy atom. The summed E-state index contributed by atoms with van der Waals surface area (Å²) >= 11 is 0. The van der Waals surface area contributed by atoms with Gasteiger partial charge in [-0.25, -0.2) is 0 Å². The van der Waals surface area contributed by atoms with Gasteiger partial charge in [-0.2, -0.15) is 0 Å². The second-order valence-corrected chi connectivity index (χ2v) is 7.83. The van der Waals surface area contributed by atoms with E-state index in [1.807, 2.05) is 18.2 Å². The third-order valence-electron chi connectivity index (χ3n) is 6.47. The summed E-state index contributed by atoms with van der Waals surface area (Å²) in [7, 11) is 1.69. The van der Waals surface area contributed by atoms with Crippen LogP contribution in [0, 0.1) is 5.92 Å². The first-order chi connectivity index (χ1) is 12.1. The maximum absolute atomic E-state index is 6.75. The number of hydrogen-bond donors (Lipinski definition) is 2. The van der Waals surface area contributed by atoms with Crippen LogP contribution >= 0.6 is 0 Å². The summed E-state index contributed by atoms with van der Waals surface area (Å²) in [6.45, 7) is 5.18. The van der Waals surface area contributed by atoms with E-state index < -0.39 is 5.54 Å². The number of piperidine rings is 1. The number of nitrogens with zero attached hydrogens (tertiary/aromatic N) is 1. The normalized spacial score (nSPS) is 37.8. The van der Waals surface area contributed by atoms with Crippen LogP contribution in [0.3, 0.4) is 0 Å². The minimum atomic E-state index is -0.487. The number of likely N-dealkylation sites (tertiary alicyclic amines) is 1. The van der Waals surface area contributed by atoms with Gasteiger partial charge >= 0.3 is 0 Å². The molecule has 1 saturated carbocycles. The topological polar surface area (TPSA) is 73.7 Å². The van der Waals surface area contributed by atoms with Crippen LogP contribution in [0.15, 0.2) is 24.0 Å². The number of methoxy groups -OCH3 is 1. The molecular formula is C20H35N3O2. The average molecular weight is 350 g/mol. The van der Waals surface area contributed by atoms with Crippen LogP contribution in [0.5, 0.6) is 0 Å². The minimum absolute atomic E-state index is 0.135. The third kappa shape index (κ3) is 4.11. The molecular weight excluding hydrogens is 314 g/mol. The zero-order valence-corrected chi connectivity index (χ0v) is 15.8. The molecule has 4 N–H and O–H groups in total. The summed E-state index contributed by atoms with van der Waals surface area (Å²) in [5, 5.41) is 0. The van der Waals surface area contributed by atoms with Gasteiger partial charge in [0.25, 0.3) is 0 Å². The van der Waals surface area contributed by atoms with Crippen molar-refractivity contribution < 1.29 is 9.47 Å². The van der Waals surface area contributed by atoms with Gasteiger partial charge in [-0.1, -0.05) is 6.08 Å². The first kappa shape index (κ1) is 18.9. The Hall–Kier alpha value is -0.880. The van der Waals surface area contributed by atoms with E-state index in [9.17, 15) is 0 Å². The largest absolute Gasteiger partial charge is 0.497 e. The maximum Gasteiger partial charge on any atom is 0.116 e. The van der Waals surface area contributed by atoms with Crippen molar-refractivity contribution >= 4 is 0 Å². The van der Waals surface area contributed by atoms with Crippen molar-refractivity contribution in [3.63, 3.8) is 0 Å². The molecule has 2 unspecified atom stereocenters. The second kappa shape index (κ2) is 8.21. The second-order valence-electron chi connectivity index (χ2n) is 7.83. The Labute approximate surface area is 152 Å². The van der Waals surface area contributed by atoms with Gasteiger partial charge in [0.1, 0.15) is 5.76 Å². The van der Waals surface area contributed by atoms with Crippen LogP contribution in [-0.4, -0.2) is 55.4 Å². The molecule has 0 aromatic heterocycles. The summed E-state index contributed by atoms with van der Waals surface area (Å²) in [4.78, 5) is 2.67. The van der Waals surface area contributed by atoms with Crippen molar-refractivity contribution in [1.29, 1.82) is 0 Å². The van der Waals surface area contributed by atoms with Crippen LogP contribution in [-0.2, 0) is 9.47 Å². The monoisotopic (exact) mass is 349 g/mol. The van der Waals surface area contributed by atoms with E-state index in [2.05, 4.69) is 11.8 Å². The molecule has 25 heavy (non-hydrogen) atoms. The number of rotatable bonds is 5. The predicted molar refractivity (Wildman–Crippen MR) is 101 cm³/mol. The number of nitrogens with two attached hydrogens (primary N) is 2. The molecule has 1 aliphatic heterocycles. The molecule has 0 radical (unpaired) electrons. The fraction of sp³-hybridized carbons (Fsp3) is 0.800. The van der Waals surface area contributed by atoms with Crippen LogP contribution < -0.4 is 11.5 Å². The Bertz CT molecular complexity index is 491. The summed E-state index contributed by atoms with van der Waals surface area (Å²) < 4.78 is 11.2. The lowest BCUT2D eigenvalue weighted by Crippen LogP contribution is -2.61. The van der Waals surface area contributed by atoms with E-state index in [1.54, 1.807) is 7.11 Å². The molecule has 2 fully saturated rings. The fourth-order valence-electron chi connectivity index (χ4n) is 4.85. The lowest BCUT2D eigenvalue weighted by Gasteiger charge is -2.47. The van der Waals surface area contributed by atoms with E-state index in [-0.39, 0.29) is 6.04 Å². The van der Waals surface area contributed by atoms with Gasteiger partial charge in [0.15, 0.2) is 0 Å². The van der Waals surface area contributed by atoms with Crippen molar-refractivity contribution in [2.45, 2.75) is 69.2 Å². The van der Waals surface area contributed by atoms with E-state index in [1.165, 1.54) is 25.7 Å². The molecule has 0 aromatic carbocycles. The Kier molecular flexibility index (Phi) is 6.21. The van der Waals surface area contributed by atoms with Gasteiger partial charge < -0.3 is 25.8 Å². The zero-order valence-electron chi connectivity index (χ0n) is 15.8. The summed E-state index contributed by atoms with van der Waals surface area (Å²) in [6.07, 6.45) is 13.6. The Morgan fingerprint density at radius 3 is 2.44 bits per heavy atom. The SMILES string of the molecule is CCOC1CCC(N2CCC(C3(N)C=C(OC)C=CC3N)CC2)CC1. The standard InChI is InChI=1S/C20H35N3O2/c1-3-25-17-6-4-16(5-7-17)23-12-10-15(11-13-23)20(22)14-18(24-2)8-9-19(20)21/h8-9,14-17,19H,3-7,10-13,21-22H2,1-2H3. The lowest BCUT2D eigenvalue weighted by atomic mass is 9.71. The molecule has 2 aliphatic carbocycles. The van der Waals surface area contributed by atoms with E-state index in [0.717, 1.165) is 44.3 Å². The predicted octanol–water partition coefficient (Wildman–Crippen LogP) is 2.17. The van der Waals surface area contributed by atoms with E-state index in [4.69, 9.17) is 20.9 Å².